The Hall–Kier alpha value is -1.60. The zero-order valence-electron chi connectivity index (χ0n) is 9.79. The second-order valence-corrected chi connectivity index (χ2v) is 5.08. The molecule has 1 rings (SSSR count). The van der Waals surface area contributed by atoms with Crippen molar-refractivity contribution in [2.75, 3.05) is 0 Å². The van der Waals surface area contributed by atoms with Crippen molar-refractivity contribution in [1.82, 2.24) is 4.98 Å². The largest absolute Gasteiger partial charge is 0.574 e. The predicted molar refractivity (Wildman–Crippen MR) is 55.2 cm³/mol. The van der Waals surface area contributed by atoms with Crippen molar-refractivity contribution < 1.29 is 39.5 Å². The summed E-state index contributed by atoms with van der Waals surface area (Å²) in [5.74, 6) is -1.63. The molecule has 0 bridgehead atoms. The van der Waals surface area contributed by atoms with Crippen LogP contribution < -0.4 is 15.6 Å². The summed E-state index contributed by atoms with van der Waals surface area (Å²) in [5.41, 5.74) is 2.20. The fourth-order valence-corrected chi connectivity index (χ4v) is 2.31. The number of nitrogens with two attached hydrogens (primary N) is 2. The van der Waals surface area contributed by atoms with Crippen molar-refractivity contribution in [2.45, 2.75) is 24.0 Å². The molecule has 0 saturated carbocycles. The standard InChI is InChI=1S/C8H7F6N3O3S/c9-7(10,11)4-2-17-6(20-8(12,13)14)5(3(4)1-15)21(16,18)19/h2H,1,15H2,(H2,16,18,19). The van der Waals surface area contributed by atoms with E-state index in [4.69, 9.17) is 5.73 Å². The Balaban J connectivity index is 3.72. The van der Waals surface area contributed by atoms with Crippen LogP contribution in [0.4, 0.5) is 26.3 Å². The molecule has 1 aromatic rings. The van der Waals surface area contributed by atoms with E-state index in [1.54, 1.807) is 0 Å². The van der Waals surface area contributed by atoms with E-state index in [2.05, 4.69) is 14.9 Å². The summed E-state index contributed by atoms with van der Waals surface area (Å²) in [5, 5.41) is 4.63. The zero-order chi connectivity index (χ0) is 16.6. The minimum atomic E-state index is -5.38. The fourth-order valence-electron chi connectivity index (χ4n) is 1.43. The molecular formula is C8H7F6N3O3S. The molecule has 0 fully saturated rings. The highest BCUT2D eigenvalue weighted by molar-refractivity contribution is 7.89. The van der Waals surface area contributed by atoms with Gasteiger partial charge >= 0.3 is 12.5 Å². The number of primary sulfonamides is 1. The van der Waals surface area contributed by atoms with Gasteiger partial charge in [0.2, 0.25) is 15.9 Å². The van der Waals surface area contributed by atoms with Gasteiger partial charge in [-0.05, 0) is 0 Å². The first kappa shape index (κ1) is 17.5. The maximum Gasteiger partial charge on any atom is 0.574 e. The second kappa shape index (κ2) is 5.31. The van der Waals surface area contributed by atoms with Gasteiger partial charge in [-0.25, -0.2) is 18.5 Å². The Labute approximate surface area is 113 Å². The minimum absolute atomic E-state index is 0.0159. The number of aromatic nitrogens is 1. The number of halogens is 6. The lowest BCUT2D eigenvalue weighted by Crippen LogP contribution is -2.26. The second-order valence-electron chi connectivity index (χ2n) is 3.58. The van der Waals surface area contributed by atoms with Crippen molar-refractivity contribution >= 4 is 10.0 Å². The third kappa shape index (κ3) is 4.18. The highest BCUT2D eigenvalue weighted by Gasteiger charge is 2.40. The molecule has 6 nitrogen and oxygen atoms in total. The molecule has 0 spiro atoms. The summed E-state index contributed by atoms with van der Waals surface area (Å²) in [6.07, 6.45) is -10.5. The van der Waals surface area contributed by atoms with Crippen LogP contribution in [0.2, 0.25) is 0 Å². The molecule has 4 N–H and O–H groups in total. The molecule has 0 aliphatic rings. The fraction of sp³-hybridized carbons (Fsp3) is 0.375. The maximum atomic E-state index is 12.7. The summed E-state index contributed by atoms with van der Waals surface area (Å²) >= 11 is 0. The van der Waals surface area contributed by atoms with Gasteiger partial charge in [-0.1, -0.05) is 0 Å². The summed E-state index contributed by atoms with van der Waals surface area (Å²) < 4.78 is 100. The van der Waals surface area contributed by atoms with E-state index in [0.717, 1.165) is 0 Å². The quantitative estimate of drug-likeness (QED) is 0.802. The van der Waals surface area contributed by atoms with Gasteiger partial charge < -0.3 is 10.5 Å². The van der Waals surface area contributed by atoms with Crippen LogP contribution in [0, 0.1) is 0 Å². The lowest BCUT2D eigenvalue weighted by Gasteiger charge is -2.17. The van der Waals surface area contributed by atoms with Crippen molar-refractivity contribution in [3.63, 3.8) is 0 Å². The van der Waals surface area contributed by atoms with E-state index in [-0.39, 0.29) is 6.20 Å². The van der Waals surface area contributed by atoms with E-state index in [1.165, 1.54) is 0 Å². The molecule has 0 saturated heterocycles. The number of alkyl halides is 6. The lowest BCUT2D eigenvalue weighted by molar-refractivity contribution is -0.277. The van der Waals surface area contributed by atoms with Crippen molar-refractivity contribution in [1.29, 1.82) is 0 Å². The number of ether oxygens (including phenoxy) is 1. The number of hydrogen-bond acceptors (Lipinski definition) is 5. The lowest BCUT2D eigenvalue weighted by atomic mass is 10.1. The number of sulfonamides is 1. The molecule has 1 aromatic heterocycles. The molecule has 120 valence electrons. The highest BCUT2D eigenvalue weighted by Crippen LogP contribution is 2.38. The molecule has 0 aliphatic carbocycles. The molecule has 0 aliphatic heterocycles. The van der Waals surface area contributed by atoms with Crippen LogP contribution in [0.1, 0.15) is 11.1 Å². The Morgan fingerprint density at radius 1 is 1.19 bits per heavy atom. The van der Waals surface area contributed by atoms with Crippen LogP contribution in [-0.2, 0) is 22.7 Å². The smallest absolute Gasteiger partial charge is 0.386 e. The van der Waals surface area contributed by atoms with E-state index < -0.39 is 51.0 Å². The molecule has 13 heteroatoms. The minimum Gasteiger partial charge on any atom is -0.386 e. The predicted octanol–water partition coefficient (Wildman–Crippen LogP) is 1.11. The summed E-state index contributed by atoms with van der Waals surface area (Å²) in [6, 6.07) is 0. The van der Waals surface area contributed by atoms with Crippen molar-refractivity contribution in [2.24, 2.45) is 10.9 Å². The number of rotatable bonds is 3. The van der Waals surface area contributed by atoms with Gasteiger partial charge in [-0.2, -0.15) is 13.2 Å². The maximum absolute atomic E-state index is 12.7. The average Bonchev–Trinajstić information content (AvgIpc) is 2.22. The van der Waals surface area contributed by atoms with E-state index >= 15 is 0 Å². The summed E-state index contributed by atoms with van der Waals surface area (Å²) in [6.45, 7) is -1.04. The molecule has 1 heterocycles. The van der Waals surface area contributed by atoms with Gasteiger partial charge in [0.25, 0.3) is 0 Å². The van der Waals surface area contributed by atoms with Crippen LogP contribution >= 0.6 is 0 Å². The molecular weight excluding hydrogens is 332 g/mol. The molecule has 0 atom stereocenters. The monoisotopic (exact) mass is 339 g/mol. The third-order valence-corrected chi connectivity index (χ3v) is 3.10. The van der Waals surface area contributed by atoms with E-state index in [0.29, 0.717) is 0 Å². The van der Waals surface area contributed by atoms with Gasteiger partial charge in [0.1, 0.15) is 4.90 Å². The van der Waals surface area contributed by atoms with Crippen LogP contribution in [-0.4, -0.2) is 19.8 Å². The molecule has 0 aromatic carbocycles. The van der Waals surface area contributed by atoms with E-state index in [1.807, 2.05) is 0 Å². The summed E-state index contributed by atoms with van der Waals surface area (Å²) in [7, 11) is -5.00. The Bertz CT molecular complexity index is 640. The molecule has 0 unspecified atom stereocenters. The van der Waals surface area contributed by atoms with Gasteiger partial charge in [0.15, 0.2) is 0 Å². The molecule has 0 amide bonds. The number of pyridine rings is 1. The average molecular weight is 339 g/mol. The first-order chi connectivity index (χ1) is 9.27. The Morgan fingerprint density at radius 3 is 2.05 bits per heavy atom. The SMILES string of the molecule is NCc1c(C(F)(F)F)cnc(OC(F)(F)F)c1S(N)(=O)=O. The zero-order valence-corrected chi connectivity index (χ0v) is 10.6. The normalized spacial score (nSPS) is 13.3. The van der Waals surface area contributed by atoms with Crippen LogP contribution in [0.15, 0.2) is 11.1 Å². The van der Waals surface area contributed by atoms with Gasteiger partial charge in [-0.3, -0.25) is 0 Å². The van der Waals surface area contributed by atoms with Gasteiger partial charge in [0, 0.05) is 18.3 Å². The van der Waals surface area contributed by atoms with Crippen molar-refractivity contribution in [3.05, 3.63) is 17.3 Å². The first-order valence-corrected chi connectivity index (χ1v) is 6.39. The molecule has 0 radical (unpaired) electrons. The van der Waals surface area contributed by atoms with Gasteiger partial charge in [-0.15, -0.1) is 13.2 Å². The third-order valence-electron chi connectivity index (χ3n) is 2.11. The van der Waals surface area contributed by atoms with Crippen LogP contribution in [0.5, 0.6) is 5.88 Å². The van der Waals surface area contributed by atoms with E-state index in [9.17, 15) is 34.8 Å². The summed E-state index contributed by atoms with van der Waals surface area (Å²) in [4.78, 5) is 1.17. The number of nitrogens with zero attached hydrogens (tertiary/aromatic N) is 1. The highest BCUT2D eigenvalue weighted by atomic mass is 32.2. The van der Waals surface area contributed by atoms with Gasteiger partial charge in [0.05, 0.1) is 5.56 Å². The number of hydrogen-bond donors (Lipinski definition) is 2. The Morgan fingerprint density at radius 2 is 1.71 bits per heavy atom. The molecule has 21 heavy (non-hydrogen) atoms. The van der Waals surface area contributed by atoms with Crippen LogP contribution in [0.25, 0.3) is 0 Å². The van der Waals surface area contributed by atoms with Crippen molar-refractivity contribution in [3.8, 4) is 5.88 Å². The Kier molecular flexibility index (Phi) is 4.41. The van der Waals surface area contributed by atoms with Crippen LogP contribution in [0.3, 0.4) is 0 Å². The topological polar surface area (TPSA) is 108 Å². The first-order valence-electron chi connectivity index (χ1n) is 4.85.